The average Bonchev–Trinajstić information content (AvgIpc) is 3.18. The van der Waals surface area contributed by atoms with Crippen LogP contribution in [0.5, 0.6) is 0 Å². The maximum Gasteiger partial charge on any atom is 0.416 e. The zero-order valence-electron chi connectivity index (χ0n) is 19.2. The molecule has 0 fully saturated rings. The Balaban J connectivity index is 1.73. The molecule has 0 aliphatic carbocycles. The van der Waals surface area contributed by atoms with Crippen LogP contribution in [0.3, 0.4) is 0 Å². The SMILES string of the molecule is CCOC(=O)c1ccc2c(c1)nc(SCc1ccc(C(F)(F)F)cc1C(F)(F)F)n2Cc1ccccn1. The quantitative estimate of drug-likeness (QED) is 0.144. The number of carbonyl (C=O) groups is 1. The van der Waals surface area contributed by atoms with E-state index in [-0.39, 0.29) is 36.1 Å². The second-order valence-corrected chi connectivity index (χ2v) is 8.82. The zero-order chi connectivity index (χ0) is 26.8. The average molecular weight is 540 g/mol. The monoisotopic (exact) mass is 539 g/mol. The second-order valence-electron chi connectivity index (χ2n) is 7.88. The minimum Gasteiger partial charge on any atom is -0.462 e. The van der Waals surface area contributed by atoms with Crippen molar-refractivity contribution >= 4 is 28.8 Å². The molecule has 0 spiro atoms. The summed E-state index contributed by atoms with van der Waals surface area (Å²) in [6.45, 7) is 2.08. The van der Waals surface area contributed by atoms with Gasteiger partial charge < -0.3 is 9.30 Å². The number of benzene rings is 2. The molecule has 2 aromatic heterocycles. The number of imidazole rings is 1. The molecule has 0 N–H and O–H groups in total. The summed E-state index contributed by atoms with van der Waals surface area (Å²) in [6.07, 6.45) is -8.28. The van der Waals surface area contributed by atoms with E-state index in [4.69, 9.17) is 4.74 Å². The minimum atomic E-state index is -4.97. The maximum atomic E-state index is 13.6. The van der Waals surface area contributed by atoms with Crippen molar-refractivity contribution in [1.82, 2.24) is 14.5 Å². The molecule has 12 heteroatoms. The smallest absolute Gasteiger partial charge is 0.416 e. The van der Waals surface area contributed by atoms with Gasteiger partial charge in [-0.3, -0.25) is 4.98 Å². The summed E-state index contributed by atoms with van der Waals surface area (Å²) in [6, 6.07) is 11.6. The first kappa shape index (κ1) is 26.5. The number of fused-ring (bicyclic) bond motifs is 1. The summed E-state index contributed by atoms with van der Waals surface area (Å²) in [5.41, 5.74) is -1.11. The number of aromatic nitrogens is 3. The number of esters is 1. The number of carbonyl (C=O) groups excluding carboxylic acids is 1. The first-order chi connectivity index (χ1) is 17.5. The molecule has 0 radical (unpaired) electrons. The first-order valence-corrected chi connectivity index (χ1v) is 11.9. The number of pyridine rings is 1. The fraction of sp³-hybridized carbons (Fsp3) is 0.240. The van der Waals surface area contributed by atoms with E-state index in [2.05, 4.69) is 9.97 Å². The number of halogens is 6. The second kappa shape index (κ2) is 10.4. The van der Waals surface area contributed by atoms with Crippen molar-refractivity contribution in [3.05, 3.63) is 88.7 Å². The van der Waals surface area contributed by atoms with E-state index in [1.807, 2.05) is 0 Å². The number of ether oxygens (including phenoxy) is 1. The summed E-state index contributed by atoms with van der Waals surface area (Å²) in [4.78, 5) is 20.9. The number of alkyl halides is 6. The fourth-order valence-electron chi connectivity index (χ4n) is 3.65. The van der Waals surface area contributed by atoms with E-state index >= 15 is 0 Å². The van der Waals surface area contributed by atoms with Crippen LogP contribution in [0.25, 0.3) is 11.0 Å². The van der Waals surface area contributed by atoms with Gasteiger partial charge in [0, 0.05) is 11.9 Å². The lowest BCUT2D eigenvalue weighted by Gasteiger charge is -2.16. The first-order valence-electron chi connectivity index (χ1n) is 10.9. The Bertz CT molecular complexity index is 1420. The highest BCUT2D eigenvalue weighted by Crippen LogP contribution is 2.39. The van der Waals surface area contributed by atoms with Gasteiger partial charge in [0.2, 0.25) is 0 Å². The van der Waals surface area contributed by atoms with Crippen molar-refractivity contribution in [1.29, 1.82) is 0 Å². The lowest BCUT2D eigenvalue weighted by Crippen LogP contribution is -2.13. The molecule has 0 saturated heterocycles. The van der Waals surface area contributed by atoms with Crippen LogP contribution in [0.1, 0.15) is 39.7 Å². The standard InChI is InChI=1S/C25H19F6N3O2S/c1-2-36-22(35)15-7-9-21-20(11-15)33-23(34(21)13-18-5-3-4-10-32-18)37-14-16-6-8-17(24(26,27)28)12-19(16)25(29,30)31/h3-12H,2,13-14H2,1H3. The van der Waals surface area contributed by atoms with E-state index in [0.717, 1.165) is 17.8 Å². The van der Waals surface area contributed by atoms with E-state index in [0.29, 0.717) is 28.0 Å². The third-order valence-electron chi connectivity index (χ3n) is 5.37. The van der Waals surface area contributed by atoms with Gasteiger partial charge in [-0.05, 0) is 55.0 Å². The van der Waals surface area contributed by atoms with Crippen LogP contribution >= 0.6 is 11.8 Å². The summed E-state index contributed by atoms with van der Waals surface area (Å²) in [5, 5.41) is 0.315. The Morgan fingerprint density at radius 2 is 1.78 bits per heavy atom. The molecule has 4 rings (SSSR count). The molecule has 194 valence electrons. The Kier molecular flexibility index (Phi) is 7.49. The topological polar surface area (TPSA) is 57.0 Å². The number of hydrogen-bond acceptors (Lipinski definition) is 5. The Morgan fingerprint density at radius 1 is 1.00 bits per heavy atom. The van der Waals surface area contributed by atoms with Gasteiger partial charge in [0.1, 0.15) is 0 Å². The molecule has 0 saturated carbocycles. The van der Waals surface area contributed by atoms with Crippen molar-refractivity contribution in [2.75, 3.05) is 6.61 Å². The molecular weight excluding hydrogens is 520 g/mol. The molecule has 0 unspecified atom stereocenters. The van der Waals surface area contributed by atoms with Gasteiger partial charge in [-0.25, -0.2) is 9.78 Å². The lowest BCUT2D eigenvalue weighted by molar-refractivity contribution is -0.143. The van der Waals surface area contributed by atoms with Crippen molar-refractivity contribution in [3.8, 4) is 0 Å². The van der Waals surface area contributed by atoms with Gasteiger partial charge in [0.15, 0.2) is 5.16 Å². The molecule has 2 heterocycles. The van der Waals surface area contributed by atoms with Crippen LogP contribution in [0.4, 0.5) is 26.3 Å². The molecule has 2 aromatic carbocycles. The van der Waals surface area contributed by atoms with Crippen LogP contribution in [-0.4, -0.2) is 27.1 Å². The van der Waals surface area contributed by atoms with E-state index in [1.165, 1.54) is 6.07 Å². The molecular formula is C25H19F6N3O2S. The molecule has 0 aliphatic heterocycles. The van der Waals surface area contributed by atoms with E-state index in [9.17, 15) is 31.1 Å². The van der Waals surface area contributed by atoms with Crippen LogP contribution in [0, 0.1) is 0 Å². The molecule has 0 amide bonds. The molecule has 0 atom stereocenters. The number of thioether (sulfide) groups is 1. The summed E-state index contributed by atoms with van der Waals surface area (Å²) >= 11 is 0.940. The van der Waals surface area contributed by atoms with Crippen molar-refractivity contribution in [3.63, 3.8) is 0 Å². The molecule has 0 aliphatic rings. The van der Waals surface area contributed by atoms with Crippen LogP contribution in [0.15, 0.2) is 66.0 Å². The fourth-order valence-corrected chi connectivity index (χ4v) is 4.67. The van der Waals surface area contributed by atoms with Gasteiger partial charge in [-0.15, -0.1) is 0 Å². The van der Waals surface area contributed by atoms with Crippen LogP contribution in [-0.2, 0) is 29.4 Å². The summed E-state index contributed by atoms with van der Waals surface area (Å²) in [7, 11) is 0. The third-order valence-corrected chi connectivity index (χ3v) is 6.40. The van der Waals surface area contributed by atoms with Crippen molar-refractivity contribution in [2.45, 2.75) is 36.7 Å². The minimum absolute atomic E-state index is 0.123. The largest absolute Gasteiger partial charge is 0.462 e. The highest BCUT2D eigenvalue weighted by Gasteiger charge is 2.38. The van der Waals surface area contributed by atoms with Gasteiger partial charge >= 0.3 is 18.3 Å². The summed E-state index contributed by atoms with van der Waals surface area (Å²) < 4.78 is 86.7. The van der Waals surface area contributed by atoms with Gasteiger partial charge in [0.05, 0.1) is 46.6 Å². The van der Waals surface area contributed by atoms with Crippen LogP contribution in [0.2, 0.25) is 0 Å². The maximum absolute atomic E-state index is 13.6. The van der Waals surface area contributed by atoms with Gasteiger partial charge in [-0.1, -0.05) is 23.9 Å². The highest BCUT2D eigenvalue weighted by molar-refractivity contribution is 7.98. The van der Waals surface area contributed by atoms with Gasteiger partial charge in [0.25, 0.3) is 0 Å². The summed E-state index contributed by atoms with van der Waals surface area (Å²) in [5.74, 6) is -0.832. The number of hydrogen-bond donors (Lipinski definition) is 0. The Morgan fingerprint density at radius 3 is 2.43 bits per heavy atom. The number of rotatable bonds is 7. The number of nitrogens with zero attached hydrogens (tertiary/aromatic N) is 3. The zero-order valence-corrected chi connectivity index (χ0v) is 20.0. The van der Waals surface area contributed by atoms with E-state index in [1.54, 1.807) is 48.0 Å². The lowest BCUT2D eigenvalue weighted by atomic mass is 10.0. The molecule has 5 nitrogen and oxygen atoms in total. The van der Waals surface area contributed by atoms with E-state index < -0.39 is 29.4 Å². The Labute approximate surface area is 211 Å². The molecule has 37 heavy (non-hydrogen) atoms. The predicted molar refractivity (Wildman–Crippen MR) is 125 cm³/mol. The van der Waals surface area contributed by atoms with Crippen molar-refractivity contribution in [2.24, 2.45) is 0 Å². The highest BCUT2D eigenvalue weighted by atomic mass is 32.2. The molecule has 0 bridgehead atoms. The Hall–Kier alpha value is -3.54. The molecule has 4 aromatic rings. The van der Waals surface area contributed by atoms with Gasteiger partial charge in [-0.2, -0.15) is 26.3 Å². The normalized spacial score (nSPS) is 12.2. The van der Waals surface area contributed by atoms with Crippen molar-refractivity contribution < 1.29 is 35.9 Å². The third kappa shape index (κ3) is 6.07. The predicted octanol–water partition coefficient (Wildman–Crippen LogP) is 6.99. The van der Waals surface area contributed by atoms with Crippen LogP contribution < -0.4 is 0 Å².